The van der Waals surface area contributed by atoms with Gasteiger partial charge in [0.05, 0.1) is 6.10 Å². The first-order valence-corrected chi connectivity index (χ1v) is 6.87. The minimum atomic E-state index is 0.234. The molecule has 0 heterocycles. The molecule has 2 rings (SSSR count). The summed E-state index contributed by atoms with van der Waals surface area (Å²) < 4.78 is 5.53. The normalized spacial score (nSPS) is 20.4. The Labute approximate surface area is 109 Å². The molecule has 0 fully saturated rings. The van der Waals surface area contributed by atoms with E-state index in [-0.39, 0.29) is 6.10 Å². The predicted molar refractivity (Wildman–Crippen MR) is 72.9 cm³/mol. The van der Waals surface area contributed by atoms with Crippen molar-refractivity contribution in [1.29, 1.82) is 0 Å². The number of hydrogen-bond donors (Lipinski definition) is 2. The van der Waals surface area contributed by atoms with Crippen LogP contribution in [0.4, 0.5) is 0 Å². The summed E-state index contributed by atoms with van der Waals surface area (Å²) in [6, 6.07) is 6.08. The Hall–Kier alpha value is -1.06. The number of fused-ring (bicyclic) bond motifs is 1. The van der Waals surface area contributed by atoms with E-state index in [1.165, 1.54) is 17.5 Å². The lowest BCUT2D eigenvalue weighted by Gasteiger charge is -2.27. The molecule has 0 spiro atoms. The summed E-state index contributed by atoms with van der Waals surface area (Å²) in [4.78, 5) is 0. The predicted octanol–water partition coefficient (Wildman–Crippen LogP) is 2.78. The van der Waals surface area contributed by atoms with Crippen LogP contribution in [0.2, 0.25) is 0 Å². The highest BCUT2D eigenvalue weighted by atomic mass is 16.5. The van der Waals surface area contributed by atoms with Gasteiger partial charge in [0.2, 0.25) is 0 Å². The largest absolute Gasteiger partial charge is 0.508 e. The average molecular weight is 249 g/mol. The fraction of sp³-hybridized carbons (Fsp3) is 0.600. The topological polar surface area (TPSA) is 41.5 Å². The molecule has 2 atom stereocenters. The maximum Gasteiger partial charge on any atom is 0.115 e. The summed E-state index contributed by atoms with van der Waals surface area (Å²) in [5, 5.41) is 13.2. The van der Waals surface area contributed by atoms with Crippen LogP contribution >= 0.6 is 0 Å². The van der Waals surface area contributed by atoms with Gasteiger partial charge in [-0.15, -0.1) is 0 Å². The Kier molecular flexibility index (Phi) is 4.61. The molecule has 100 valence electrons. The lowest BCUT2D eigenvalue weighted by Crippen LogP contribution is -2.32. The van der Waals surface area contributed by atoms with Crippen molar-refractivity contribution in [2.75, 3.05) is 13.2 Å². The maximum atomic E-state index is 9.62. The van der Waals surface area contributed by atoms with Crippen molar-refractivity contribution in [3.05, 3.63) is 29.3 Å². The minimum absolute atomic E-state index is 0.234. The maximum absolute atomic E-state index is 9.62. The molecule has 0 amide bonds. The van der Waals surface area contributed by atoms with Crippen LogP contribution in [0.25, 0.3) is 0 Å². The zero-order valence-corrected chi connectivity index (χ0v) is 11.3. The molecule has 3 nitrogen and oxygen atoms in total. The SMILES string of the molecule is CCOC(C)CNC1CCCc2ccc(O)cc21. The van der Waals surface area contributed by atoms with Gasteiger partial charge in [-0.25, -0.2) is 0 Å². The summed E-state index contributed by atoms with van der Waals surface area (Å²) in [6.07, 6.45) is 3.69. The molecule has 3 heteroatoms. The molecule has 1 aliphatic rings. The number of rotatable bonds is 5. The quantitative estimate of drug-likeness (QED) is 0.843. The van der Waals surface area contributed by atoms with E-state index < -0.39 is 0 Å². The molecule has 1 aromatic carbocycles. The Bertz CT molecular complexity index is 392. The molecule has 0 bridgehead atoms. The third-order valence-corrected chi connectivity index (χ3v) is 3.55. The van der Waals surface area contributed by atoms with Gasteiger partial charge in [0.1, 0.15) is 5.75 Å². The van der Waals surface area contributed by atoms with E-state index in [1.54, 1.807) is 6.07 Å². The van der Waals surface area contributed by atoms with Crippen LogP contribution in [0.3, 0.4) is 0 Å². The van der Waals surface area contributed by atoms with Crippen LogP contribution in [0.15, 0.2) is 18.2 Å². The number of phenolic OH excluding ortho intramolecular Hbond substituents is 1. The first kappa shape index (κ1) is 13.4. The van der Waals surface area contributed by atoms with E-state index in [0.717, 1.165) is 26.0 Å². The number of benzene rings is 1. The molecule has 18 heavy (non-hydrogen) atoms. The van der Waals surface area contributed by atoms with Crippen LogP contribution in [0, 0.1) is 0 Å². The number of aromatic hydroxyl groups is 1. The minimum Gasteiger partial charge on any atom is -0.508 e. The Balaban J connectivity index is 2.01. The van der Waals surface area contributed by atoms with Crippen molar-refractivity contribution >= 4 is 0 Å². The highest BCUT2D eigenvalue weighted by molar-refractivity contribution is 5.38. The van der Waals surface area contributed by atoms with Crippen molar-refractivity contribution < 1.29 is 9.84 Å². The number of ether oxygens (including phenoxy) is 1. The molecule has 0 saturated heterocycles. The van der Waals surface area contributed by atoms with Crippen LogP contribution in [0.5, 0.6) is 5.75 Å². The molecule has 1 aromatic rings. The average Bonchev–Trinajstić information content (AvgIpc) is 2.36. The zero-order valence-electron chi connectivity index (χ0n) is 11.3. The fourth-order valence-corrected chi connectivity index (χ4v) is 2.65. The summed E-state index contributed by atoms with van der Waals surface area (Å²) in [6.45, 7) is 5.71. The number of hydrogen-bond acceptors (Lipinski definition) is 3. The van der Waals surface area contributed by atoms with Crippen molar-refractivity contribution in [3.63, 3.8) is 0 Å². The molecule has 0 radical (unpaired) electrons. The second kappa shape index (κ2) is 6.21. The van der Waals surface area contributed by atoms with Crippen LogP contribution < -0.4 is 5.32 Å². The Morgan fingerprint density at radius 3 is 3.11 bits per heavy atom. The second-order valence-corrected chi connectivity index (χ2v) is 5.00. The molecule has 0 saturated carbocycles. The smallest absolute Gasteiger partial charge is 0.115 e. The van der Waals surface area contributed by atoms with Gasteiger partial charge >= 0.3 is 0 Å². The third-order valence-electron chi connectivity index (χ3n) is 3.55. The highest BCUT2D eigenvalue weighted by Gasteiger charge is 2.20. The Morgan fingerprint density at radius 2 is 2.33 bits per heavy atom. The van der Waals surface area contributed by atoms with Gasteiger partial charge in [-0.05, 0) is 56.4 Å². The summed E-state index contributed by atoms with van der Waals surface area (Å²) in [7, 11) is 0. The number of phenols is 1. The second-order valence-electron chi connectivity index (χ2n) is 5.00. The first-order valence-electron chi connectivity index (χ1n) is 6.87. The summed E-state index contributed by atoms with van der Waals surface area (Å²) in [5.74, 6) is 0.361. The molecule has 0 aromatic heterocycles. The molecule has 2 unspecified atom stereocenters. The first-order chi connectivity index (χ1) is 8.70. The monoisotopic (exact) mass is 249 g/mol. The van der Waals surface area contributed by atoms with E-state index >= 15 is 0 Å². The zero-order chi connectivity index (χ0) is 13.0. The van der Waals surface area contributed by atoms with Gasteiger partial charge in [0, 0.05) is 19.2 Å². The van der Waals surface area contributed by atoms with Crippen LogP contribution in [-0.2, 0) is 11.2 Å². The van der Waals surface area contributed by atoms with Gasteiger partial charge < -0.3 is 15.2 Å². The van der Waals surface area contributed by atoms with Crippen molar-refractivity contribution in [3.8, 4) is 5.75 Å². The molecule has 1 aliphatic carbocycles. The summed E-state index contributed by atoms with van der Waals surface area (Å²) in [5.41, 5.74) is 2.62. The lowest BCUT2D eigenvalue weighted by atomic mass is 9.87. The van der Waals surface area contributed by atoms with Gasteiger partial charge in [0.15, 0.2) is 0 Å². The molecular formula is C15H23NO2. The molecule has 2 N–H and O–H groups in total. The third kappa shape index (κ3) is 3.24. The van der Waals surface area contributed by atoms with Gasteiger partial charge in [-0.2, -0.15) is 0 Å². The van der Waals surface area contributed by atoms with E-state index in [9.17, 15) is 5.11 Å². The summed E-state index contributed by atoms with van der Waals surface area (Å²) >= 11 is 0. The molecule has 0 aliphatic heterocycles. The number of aryl methyl sites for hydroxylation is 1. The van der Waals surface area contributed by atoms with Crippen LogP contribution in [0.1, 0.15) is 43.9 Å². The van der Waals surface area contributed by atoms with E-state index in [4.69, 9.17) is 4.74 Å². The van der Waals surface area contributed by atoms with Crippen molar-refractivity contribution in [2.45, 2.75) is 45.3 Å². The van der Waals surface area contributed by atoms with Crippen molar-refractivity contribution in [2.24, 2.45) is 0 Å². The van der Waals surface area contributed by atoms with Gasteiger partial charge in [-0.1, -0.05) is 6.07 Å². The highest BCUT2D eigenvalue weighted by Crippen LogP contribution is 2.31. The Morgan fingerprint density at radius 1 is 1.50 bits per heavy atom. The van der Waals surface area contributed by atoms with E-state index in [0.29, 0.717) is 11.8 Å². The van der Waals surface area contributed by atoms with E-state index in [2.05, 4.69) is 12.2 Å². The standard InChI is InChI=1S/C15H23NO2/c1-3-18-11(2)10-16-15-6-4-5-12-7-8-13(17)9-14(12)15/h7-9,11,15-17H,3-6,10H2,1-2H3. The fourth-order valence-electron chi connectivity index (χ4n) is 2.65. The van der Waals surface area contributed by atoms with E-state index in [1.807, 2.05) is 19.1 Å². The van der Waals surface area contributed by atoms with Gasteiger partial charge in [-0.3, -0.25) is 0 Å². The molecular weight excluding hydrogens is 226 g/mol. The van der Waals surface area contributed by atoms with Crippen LogP contribution in [-0.4, -0.2) is 24.4 Å². The van der Waals surface area contributed by atoms with Gasteiger partial charge in [0.25, 0.3) is 0 Å². The number of nitrogens with one attached hydrogen (secondary N) is 1. The lowest BCUT2D eigenvalue weighted by molar-refractivity contribution is 0.0734. The van der Waals surface area contributed by atoms with Crippen molar-refractivity contribution in [1.82, 2.24) is 5.32 Å².